The van der Waals surface area contributed by atoms with Crippen LogP contribution in [0.2, 0.25) is 0 Å². The minimum Gasteiger partial charge on any atom is -0.369 e. The van der Waals surface area contributed by atoms with E-state index in [1.165, 1.54) is 39.5 Å². The lowest BCUT2D eigenvalue weighted by atomic mass is 9.91. The molecule has 3 aliphatic rings. The molecule has 2 saturated heterocycles. The van der Waals surface area contributed by atoms with E-state index in [0.717, 1.165) is 49.0 Å². The predicted molar refractivity (Wildman–Crippen MR) is 168 cm³/mol. The van der Waals surface area contributed by atoms with E-state index in [1.54, 1.807) is 24.4 Å². The Hall–Kier alpha value is -3.57. The number of hydrogen-bond acceptors (Lipinski definition) is 8. The molecule has 4 aromatic rings. The number of hydrogen-bond donors (Lipinski definition) is 3. The standard InChI is InChI=1S/C32H37N7O2S/c33-24-11-15-38(21-24)32-27-6-1-2-7-29(27)37-30-9-8-22(18-28(30)32)23-10-12-35-31(19-23)36-25-4-3-5-26(20-25)42(40,41)39-16-13-34-14-17-39/h3-5,8-10,12,18-20,24,34H,1-2,6-7,11,13-17,21,33H2,(H,35,36)/t24-/m0/s1. The highest BCUT2D eigenvalue weighted by Crippen LogP contribution is 2.39. The van der Waals surface area contributed by atoms with Crippen molar-refractivity contribution in [3.63, 3.8) is 0 Å². The smallest absolute Gasteiger partial charge is 0.243 e. The minimum atomic E-state index is -3.56. The Balaban J connectivity index is 1.21. The van der Waals surface area contributed by atoms with Crippen LogP contribution in [0.4, 0.5) is 17.2 Å². The summed E-state index contributed by atoms with van der Waals surface area (Å²) in [4.78, 5) is 12.4. The largest absolute Gasteiger partial charge is 0.369 e. The number of fused-ring (bicyclic) bond motifs is 2. The number of aryl methyl sites for hydroxylation is 1. The zero-order chi connectivity index (χ0) is 28.7. The Labute approximate surface area is 247 Å². The second-order valence-corrected chi connectivity index (χ2v) is 13.5. The summed E-state index contributed by atoms with van der Waals surface area (Å²) in [6, 6.07) is 17.7. The number of nitrogens with two attached hydrogens (primary N) is 1. The Morgan fingerprint density at radius 3 is 2.62 bits per heavy atom. The summed E-state index contributed by atoms with van der Waals surface area (Å²) in [7, 11) is -3.56. The molecule has 2 aromatic heterocycles. The number of sulfonamides is 1. The summed E-state index contributed by atoms with van der Waals surface area (Å²) in [6.07, 6.45) is 7.29. The van der Waals surface area contributed by atoms with Crippen LogP contribution < -0.4 is 21.3 Å². The van der Waals surface area contributed by atoms with Crippen LogP contribution in [0.5, 0.6) is 0 Å². The summed E-state index contributed by atoms with van der Waals surface area (Å²) in [5.41, 5.74) is 14.1. The van der Waals surface area contributed by atoms with Gasteiger partial charge in [0.2, 0.25) is 10.0 Å². The molecule has 0 spiro atoms. The van der Waals surface area contributed by atoms with Gasteiger partial charge in [-0.3, -0.25) is 4.98 Å². The quantitative estimate of drug-likeness (QED) is 0.311. The van der Waals surface area contributed by atoms with E-state index in [0.29, 0.717) is 37.7 Å². The van der Waals surface area contributed by atoms with Crippen LogP contribution in [-0.2, 0) is 22.9 Å². The van der Waals surface area contributed by atoms with Crippen LogP contribution in [0.3, 0.4) is 0 Å². The van der Waals surface area contributed by atoms with Crippen molar-refractivity contribution < 1.29 is 8.42 Å². The Kier molecular flexibility index (Phi) is 7.31. The molecule has 4 N–H and O–H groups in total. The van der Waals surface area contributed by atoms with Crippen molar-refractivity contribution in [3.8, 4) is 11.1 Å². The Morgan fingerprint density at radius 1 is 0.952 bits per heavy atom. The summed E-state index contributed by atoms with van der Waals surface area (Å²) in [5.74, 6) is 0.652. The molecule has 0 amide bonds. The van der Waals surface area contributed by atoms with E-state index in [2.05, 4.69) is 38.7 Å². The molecule has 1 atom stereocenters. The molecule has 0 bridgehead atoms. The van der Waals surface area contributed by atoms with Gasteiger partial charge in [-0.05, 0) is 91.3 Å². The van der Waals surface area contributed by atoms with E-state index in [-0.39, 0.29) is 10.9 Å². The van der Waals surface area contributed by atoms with Crippen molar-refractivity contribution >= 4 is 38.1 Å². The van der Waals surface area contributed by atoms with Gasteiger partial charge in [0.15, 0.2) is 0 Å². The molecule has 0 saturated carbocycles. The third kappa shape index (κ3) is 5.24. The monoisotopic (exact) mass is 583 g/mol. The van der Waals surface area contributed by atoms with Crippen LogP contribution in [-0.4, -0.2) is 68.0 Å². The highest BCUT2D eigenvalue weighted by Gasteiger charge is 2.28. The average Bonchev–Trinajstić information content (AvgIpc) is 3.45. The molecule has 9 nitrogen and oxygen atoms in total. The topological polar surface area (TPSA) is 116 Å². The van der Waals surface area contributed by atoms with Gasteiger partial charge in [-0.25, -0.2) is 13.4 Å². The molecule has 10 heteroatoms. The molecule has 4 heterocycles. The molecule has 0 unspecified atom stereocenters. The fourth-order valence-electron chi connectivity index (χ4n) is 6.52. The summed E-state index contributed by atoms with van der Waals surface area (Å²) in [6.45, 7) is 4.12. The number of anilines is 3. The molecule has 2 aliphatic heterocycles. The molecule has 2 fully saturated rings. The number of nitrogens with one attached hydrogen (secondary N) is 2. The minimum absolute atomic E-state index is 0.204. The van der Waals surface area contributed by atoms with Crippen molar-refractivity contribution in [1.82, 2.24) is 19.6 Å². The highest BCUT2D eigenvalue weighted by molar-refractivity contribution is 7.89. The molecule has 218 valence electrons. The van der Waals surface area contributed by atoms with Crippen LogP contribution >= 0.6 is 0 Å². The number of pyridine rings is 2. The lowest BCUT2D eigenvalue weighted by Crippen LogP contribution is -2.46. The van der Waals surface area contributed by atoms with E-state index in [1.807, 2.05) is 18.2 Å². The molecule has 2 aromatic carbocycles. The van der Waals surface area contributed by atoms with Crippen molar-refractivity contribution in [2.24, 2.45) is 5.73 Å². The number of rotatable bonds is 6. The maximum absolute atomic E-state index is 13.2. The zero-order valence-corrected chi connectivity index (χ0v) is 24.5. The van der Waals surface area contributed by atoms with Crippen molar-refractivity contribution in [2.75, 3.05) is 49.5 Å². The second-order valence-electron chi connectivity index (χ2n) is 11.6. The van der Waals surface area contributed by atoms with Crippen molar-refractivity contribution in [2.45, 2.75) is 43.0 Å². The van der Waals surface area contributed by atoms with Crippen molar-refractivity contribution in [3.05, 3.63) is 72.1 Å². The van der Waals surface area contributed by atoms with Crippen LogP contribution in [0.1, 0.15) is 30.5 Å². The van der Waals surface area contributed by atoms with Crippen LogP contribution in [0, 0.1) is 0 Å². The second kappa shape index (κ2) is 11.3. The maximum atomic E-state index is 13.2. The third-order valence-corrected chi connectivity index (χ3v) is 10.6. The molecule has 42 heavy (non-hydrogen) atoms. The first-order valence-electron chi connectivity index (χ1n) is 15.0. The number of piperazine rings is 1. The van der Waals surface area contributed by atoms with Crippen molar-refractivity contribution in [1.29, 1.82) is 0 Å². The number of aromatic nitrogens is 2. The van der Waals surface area contributed by atoms with Gasteiger partial charge in [-0.2, -0.15) is 4.31 Å². The van der Waals surface area contributed by atoms with Gasteiger partial charge in [-0.1, -0.05) is 12.1 Å². The Bertz CT molecular complexity index is 1740. The van der Waals surface area contributed by atoms with Gasteiger partial charge in [0.05, 0.1) is 16.1 Å². The van der Waals surface area contributed by atoms with Gasteiger partial charge in [-0.15, -0.1) is 0 Å². The van der Waals surface area contributed by atoms with Gasteiger partial charge >= 0.3 is 0 Å². The lowest BCUT2D eigenvalue weighted by Gasteiger charge is -2.28. The highest BCUT2D eigenvalue weighted by atomic mass is 32.2. The molecule has 7 rings (SSSR count). The fourth-order valence-corrected chi connectivity index (χ4v) is 8.01. The zero-order valence-electron chi connectivity index (χ0n) is 23.7. The fraction of sp³-hybridized carbons (Fsp3) is 0.375. The average molecular weight is 584 g/mol. The molecular formula is C32H37N7O2S. The van der Waals surface area contributed by atoms with E-state index >= 15 is 0 Å². The lowest BCUT2D eigenvalue weighted by molar-refractivity contribution is 0.360. The van der Waals surface area contributed by atoms with Crippen LogP contribution in [0.15, 0.2) is 65.7 Å². The third-order valence-electron chi connectivity index (χ3n) is 8.69. The number of nitrogens with zero attached hydrogens (tertiary/aromatic N) is 4. The van der Waals surface area contributed by atoms with Gasteiger partial charge in [0, 0.05) is 68.3 Å². The normalized spacial score (nSPS) is 19.6. The Morgan fingerprint density at radius 2 is 1.79 bits per heavy atom. The first-order chi connectivity index (χ1) is 20.5. The van der Waals surface area contributed by atoms with E-state index in [4.69, 9.17) is 10.7 Å². The summed E-state index contributed by atoms with van der Waals surface area (Å²) < 4.78 is 28.0. The van der Waals surface area contributed by atoms with Gasteiger partial charge < -0.3 is 21.3 Å². The molecule has 0 radical (unpaired) electrons. The molecule has 1 aliphatic carbocycles. The maximum Gasteiger partial charge on any atom is 0.243 e. The summed E-state index contributed by atoms with van der Waals surface area (Å²) >= 11 is 0. The predicted octanol–water partition coefficient (Wildman–Crippen LogP) is 4.05. The number of benzene rings is 2. The SMILES string of the molecule is N[C@H]1CCN(c2c3c(nc4ccc(-c5ccnc(Nc6cccc(S(=O)(=O)N7CCNCC7)c6)c5)cc24)CCCC3)C1. The van der Waals surface area contributed by atoms with Gasteiger partial charge in [0.1, 0.15) is 5.82 Å². The van der Waals surface area contributed by atoms with Crippen LogP contribution in [0.25, 0.3) is 22.0 Å². The first-order valence-corrected chi connectivity index (χ1v) is 16.4. The van der Waals surface area contributed by atoms with E-state index < -0.39 is 10.0 Å². The first kappa shape index (κ1) is 27.3. The summed E-state index contributed by atoms with van der Waals surface area (Å²) in [5, 5.41) is 7.71. The van der Waals surface area contributed by atoms with E-state index in [9.17, 15) is 8.42 Å². The van der Waals surface area contributed by atoms with Gasteiger partial charge in [0.25, 0.3) is 0 Å². The molecular weight excluding hydrogens is 546 g/mol.